The summed E-state index contributed by atoms with van der Waals surface area (Å²) in [5, 5.41) is 13.3. The second-order valence-corrected chi connectivity index (χ2v) is 6.07. The fraction of sp³-hybridized carbons (Fsp3) is 0.200. The molecule has 0 bridgehead atoms. The minimum Gasteiger partial charge on any atom is -0.390 e. The Kier molecular flexibility index (Phi) is 3.38. The van der Waals surface area contributed by atoms with Crippen LogP contribution in [0.3, 0.4) is 0 Å². The van der Waals surface area contributed by atoms with Gasteiger partial charge in [0.15, 0.2) is 15.7 Å². The quantitative estimate of drug-likeness (QED) is 0.903. The minimum atomic E-state index is -3.30. The van der Waals surface area contributed by atoms with Gasteiger partial charge in [-0.2, -0.15) is 5.10 Å². The molecular formula is C10H10ClN3O3S. The van der Waals surface area contributed by atoms with Gasteiger partial charge in [0.1, 0.15) is 4.90 Å². The van der Waals surface area contributed by atoms with Crippen molar-refractivity contribution in [3.8, 4) is 5.82 Å². The number of pyridine rings is 1. The van der Waals surface area contributed by atoms with E-state index >= 15 is 0 Å². The molecule has 0 saturated heterocycles. The molecule has 8 heteroatoms. The Hall–Kier alpha value is -1.44. The summed E-state index contributed by atoms with van der Waals surface area (Å²) in [4.78, 5) is 4.18. The normalized spacial score (nSPS) is 11.7. The predicted octanol–water partition coefficient (Wildman–Crippen LogP) is 0.817. The monoisotopic (exact) mass is 287 g/mol. The highest BCUT2D eigenvalue weighted by molar-refractivity contribution is 7.90. The second-order valence-electron chi connectivity index (χ2n) is 3.65. The maximum absolute atomic E-state index is 11.3. The maximum atomic E-state index is 11.3. The number of aliphatic hydroxyl groups excluding tert-OH is 1. The Labute approximate surface area is 109 Å². The molecule has 0 atom stereocenters. The highest BCUT2D eigenvalue weighted by Gasteiger charge is 2.12. The molecular weight excluding hydrogens is 278 g/mol. The summed E-state index contributed by atoms with van der Waals surface area (Å²) in [6.07, 6.45) is 3.69. The van der Waals surface area contributed by atoms with Crippen molar-refractivity contribution < 1.29 is 13.5 Å². The lowest BCUT2D eigenvalue weighted by Crippen LogP contribution is -2.01. The van der Waals surface area contributed by atoms with Crippen molar-refractivity contribution in [3.05, 3.63) is 35.2 Å². The zero-order valence-corrected chi connectivity index (χ0v) is 11.0. The van der Waals surface area contributed by atoms with E-state index in [0.29, 0.717) is 16.5 Å². The van der Waals surface area contributed by atoms with E-state index in [1.807, 2.05) is 0 Å². The third-order valence-corrected chi connectivity index (χ3v) is 3.69. The van der Waals surface area contributed by atoms with Crippen molar-refractivity contribution in [1.29, 1.82) is 0 Å². The van der Waals surface area contributed by atoms with E-state index in [-0.39, 0.29) is 11.5 Å². The van der Waals surface area contributed by atoms with E-state index in [0.717, 1.165) is 6.26 Å². The van der Waals surface area contributed by atoms with E-state index in [1.54, 1.807) is 12.1 Å². The SMILES string of the molecule is CS(=O)(=O)c1cnn(-c2ccc(Cl)c(CO)n2)c1. The molecule has 0 spiro atoms. The molecule has 0 aromatic carbocycles. The van der Waals surface area contributed by atoms with E-state index < -0.39 is 9.84 Å². The lowest BCUT2D eigenvalue weighted by atomic mass is 10.3. The molecule has 2 aromatic heterocycles. The van der Waals surface area contributed by atoms with Crippen LogP contribution in [0.25, 0.3) is 5.82 Å². The van der Waals surface area contributed by atoms with Crippen molar-refractivity contribution in [2.45, 2.75) is 11.5 Å². The Morgan fingerprint density at radius 3 is 2.72 bits per heavy atom. The van der Waals surface area contributed by atoms with Crippen molar-refractivity contribution in [3.63, 3.8) is 0 Å². The largest absolute Gasteiger partial charge is 0.390 e. The lowest BCUT2D eigenvalue weighted by molar-refractivity contribution is 0.277. The third kappa shape index (κ3) is 2.53. The fourth-order valence-corrected chi connectivity index (χ4v) is 2.03. The first kappa shape index (κ1) is 13.0. The van der Waals surface area contributed by atoms with Crippen LogP contribution in [0.5, 0.6) is 0 Å². The maximum Gasteiger partial charge on any atom is 0.178 e. The molecule has 96 valence electrons. The summed E-state index contributed by atoms with van der Waals surface area (Å²) >= 11 is 5.81. The summed E-state index contributed by atoms with van der Waals surface area (Å²) in [6.45, 7) is -0.299. The molecule has 0 saturated carbocycles. The van der Waals surface area contributed by atoms with E-state index in [2.05, 4.69) is 10.1 Å². The predicted molar refractivity (Wildman–Crippen MR) is 65.4 cm³/mol. The van der Waals surface area contributed by atoms with Gasteiger partial charge in [0, 0.05) is 6.26 Å². The van der Waals surface area contributed by atoms with Crippen LogP contribution in [0.1, 0.15) is 5.69 Å². The summed E-state index contributed by atoms with van der Waals surface area (Å²) < 4.78 is 24.0. The standard InChI is InChI=1S/C10H10ClN3O3S/c1-18(16,17)7-4-12-14(5-7)10-3-2-8(11)9(6-15)13-10/h2-5,15H,6H2,1H3. The van der Waals surface area contributed by atoms with E-state index in [4.69, 9.17) is 16.7 Å². The van der Waals surface area contributed by atoms with Crippen LogP contribution in [-0.4, -0.2) is 34.5 Å². The third-order valence-electron chi connectivity index (χ3n) is 2.28. The van der Waals surface area contributed by atoms with Crippen LogP contribution >= 0.6 is 11.6 Å². The van der Waals surface area contributed by atoms with Gasteiger partial charge in [-0.15, -0.1) is 0 Å². The number of halogens is 1. The number of aliphatic hydroxyl groups is 1. The first-order valence-corrected chi connectivity index (χ1v) is 7.20. The molecule has 0 aliphatic heterocycles. The highest BCUT2D eigenvalue weighted by Crippen LogP contribution is 2.17. The molecule has 0 aliphatic rings. The number of sulfone groups is 1. The molecule has 0 radical (unpaired) electrons. The molecule has 1 N–H and O–H groups in total. The average Bonchev–Trinajstić information content (AvgIpc) is 2.78. The average molecular weight is 288 g/mol. The zero-order valence-electron chi connectivity index (χ0n) is 9.41. The van der Waals surface area contributed by atoms with Gasteiger partial charge in [0.2, 0.25) is 0 Å². The van der Waals surface area contributed by atoms with Crippen LogP contribution in [0.2, 0.25) is 5.02 Å². The van der Waals surface area contributed by atoms with Crippen LogP contribution in [0, 0.1) is 0 Å². The van der Waals surface area contributed by atoms with Gasteiger partial charge in [-0.1, -0.05) is 11.6 Å². The molecule has 18 heavy (non-hydrogen) atoms. The van der Waals surface area contributed by atoms with Gasteiger partial charge >= 0.3 is 0 Å². The van der Waals surface area contributed by atoms with Crippen molar-refractivity contribution in [2.24, 2.45) is 0 Å². The van der Waals surface area contributed by atoms with Crippen LogP contribution in [-0.2, 0) is 16.4 Å². The Morgan fingerprint density at radius 1 is 1.44 bits per heavy atom. The molecule has 2 rings (SSSR count). The Balaban J connectivity index is 2.46. The Morgan fingerprint density at radius 2 is 2.17 bits per heavy atom. The summed E-state index contributed by atoms with van der Waals surface area (Å²) in [7, 11) is -3.30. The summed E-state index contributed by atoms with van der Waals surface area (Å²) in [5.74, 6) is 0.387. The van der Waals surface area contributed by atoms with Crippen molar-refractivity contribution >= 4 is 21.4 Å². The molecule has 2 heterocycles. The first-order valence-electron chi connectivity index (χ1n) is 4.93. The number of aromatic nitrogens is 3. The molecule has 6 nitrogen and oxygen atoms in total. The minimum absolute atomic E-state index is 0.102. The van der Waals surface area contributed by atoms with Gasteiger partial charge in [0.25, 0.3) is 0 Å². The van der Waals surface area contributed by atoms with E-state index in [9.17, 15) is 8.42 Å². The molecule has 2 aromatic rings. The van der Waals surface area contributed by atoms with Gasteiger partial charge < -0.3 is 5.11 Å². The number of hydrogen-bond donors (Lipinski definition) is 1. The van der Waals surface area contributed by atoms with Crippen LogP contribution in [0.4, 0.5) is 0 Å². The van der Waals surface area contributed by atoms with Gasteiger partial charge in [-0.25, -0.2) is 18.1 Å². The van der Waals surface area contributed by atoms with Crippen molar-refractivity contribution in [2.75, 3.05) is 6.26 Å². The van der Waals surface area contributed by atoms with Crippen LogP contribution < -0.4 is 0 Å². The molecule has 0 amide bonds. The summed E-state index contributed by atoms with van der Waals surface area (Å²) in [5.41, 5.74) is 0.311. The number of rotatable bonds is 3. The zero-order chi connectivity index (χ0) is 13.3. The van der Waals surface area contributed by atoms with Gasteiger partial charge in [-0.3, -0.25) is 0 Å². The Bertz CT molecular complexity index is 681. The molecule has 0 unspecified atom stereocenters. The smallest absolute Gasteiger partial charge is 0.178 e. The number of hydrogen-bond acceptors (Lipinski definition) is 5. The lowest BCUT2D eigenvalue weighted by Gasteiger charge is -2.04. The molecule has 0 fully saturated rings. The highest BCUT2D eigenvalue weighted by atomic mass is 35.5. The van der Waals surface area contributed by atoms with Crippen molar-refractivity contribution in [1.82, 2.24) is 14.8 Å². The fourth-order valence-electron chi connectivity index (χ4n) is 1.33. The topological polar surface area (TPSA) is 85.1 Å². The van der Waals surface area contributed by atoms with Gasteiger partial charge in [0.05, 0.1) is 29.7 Å². The molecule has 0 aliphatic carbocycles. The van der Waals surface area contributed by atoms with Crippen LogP contribution in [0.15, 0.2) is 29.4 Å². The van der Waals surface area contributed by atoms with Gasteiger partial charge in [-0.05, 0) is 12.1 Å². The first-order chi connectivity index (χ1) is 8.41. The number of nitrogens with zero attached hydrogens (tertiary/aromatic N) is 3. The van der Waals surface area contributed by atoms with E-state index in [1.165, 1.54) is 17.1 Å². The second kappa shape index (κ2) is 4.68. The summed E-state index contributed by atoms with van der Waals surface area (Å²) in [6, 6.07) is 3.15.